The molecule has 0 unspecified atom stereocenters. The van der Waals surface area contributed by atoms with E-state index in [0.717, 1.165) is 11.1 Å². The topological polar surface area (TPSA) is 75.0 Å². The van der Waals surface area contributed by atoms with Gasteiger partial charge >= 0.3 is 6.03 Å². The molecule has 0 aliphatic carbocycles. The van der Waals surface area contributed by atoms with Gasteiger partial charge in [0.05, 0.1) is 19.4 Å². The summed E-state index contributed by atoms with van der Waals surface area (Å²) >= 11 is 0. The molecule has 3 rings (SSSR count). The van der Waals surface area contributed by atoms with E-state index < -0.39 is 0 Å². The first-order valence-corrected chi connectivity index (χ1v) is 11.1. The minimum absolute atomic E-state index is 0.0422. The molecule has 1 aromatic heterocycles. The zero-order valence-electron chi connectivity index (χ0n) is 19.0. The first-order valence-electron chi connectivity index (χ1n) is 11.1. The number of nitrogens with one attached hydrogen (secondary N) is 1. The molecule has 0 saturated carbocycles. The fraction of sp³-hybridized carbons (Fsp3) is 0.308. The van der Waals surface area contributed by atoms with E-state index in [0.29, 0.717) is 45.0 Å². The molecule has 0 aliphatic rings. The van der Waals surface area contributed by atoms with Crippen molar-refractivity contribution in [3.8, 4) is 0 Å². The molecule has 3 amide bonds. The number of hydrogen-bond acceptors (Lipinski definition) is 4. The Morgan fingerprint density at radius 2 is 1.58 bits per heavy atom. The highest BCUT2D eigenvalue weighted by molar-refractivity contribution is 5.84. The number of methoxy groups -OCH3 is 1. The number of rotatable bonds is 12. The van der Waals surface area contributed by atoms with E-state index in [9.17, 15) is 9.59 Å². The molecule has 0 atom stereocenters. The molecule has 0 spiro atoms. The molecule has 0 saturated heterocycles. The average molecular weight is 450 g/mol. The molecule has 1 N–H and O–H groups in total. The summed E-state index contributed by atoms with van der Waals surface area (Å²) in [4.78, 5) is 29.3. The number of furan rings is 1. The van der Waals surface area contributed by atoms with Crippen LogP contribution in [0.25, 0.3) is 0 Å². The second-order valence-electron chi connectivity index (χ2n) is 7.69. The van der Waals surface area contributed by atoms with Crippen molar-refractivity contribution in [2.45, 2.75) is 19.5 Å². The zero-order valence-corrected chi connectivity index (χ0v) is 19.0. The molecule has 1 heterocycles. The molecule has 3 aromatic rings. The van der Waals surface area contributed by atoms with E-state index in [1.54, 1.807) is 24.3 Å². The van der Waals surface area contributed by atoms with Gasteiger partial charge in [0, 0.05) is 26.7 Å². The molecule has 0 aliphatic heterocycles. The Balaban J connectivity index is 1.64. The SMILES string of the molecule is COCCN(CC(=O)N(CCc1ccccc1)Cc1ccco1)C(=O)NCc1ccccc1. The quantitative estimate of drug-likeness (QED) is 0.457. The second kappa shape index (κ2) is 13.1. The van der Waals surface area contributed by atoms with Gasteiger partial charge in [0.1, 0.15) is 12.3 Å². The minimum atomic E-state index is -0.301. The summed E-state index contributed by atoms with van der Waals surface area (Å²) in [5.41, 5.74) is 2.14. The Kier molecular flexibility index (Phi) is 9.54. The number of carbonyl (C=O) groups excluding carboxylic acids is 2. The molecule has 0 bridgehead atoms. The van der Waals surface area contributed by atoms with Crippen molar-refractivity contribution in [1.29, 1.82) is 0 Å². The van der Waals surface area contributed by atoms with Crippen LogP contribution in [-0.2, 0) is 29.0 Å². The smallest absolute Gasteiger partial charge is 0.318 e. The van der Waals surface area contributed by atoms with E-state index in [-0.39, 0.29) is 18.5 Å². The lowest BCUT2D eigenvalue weighted by Gasteiger charge is -2.27. The summed E-state index contributed by atoms with van der Waals surface area (Å²) in [5, 5.41) is 2.90. The molecule has 33 heavy (non-hydrogen) atoms. The maximum absolute atomic E-state index is 13.3. The zero-order chi connectivity index (χ0) is 23.3. The van der Waals surface area contributed by atoms with Crippen molar-refractivity contribution >= 4 is 11.9 Å². The van der Waals surface area contributed by atoms with Crippen LogP contribution in [-0.4, -0.2) is 55.1 Å². The third-order valence-corrected chi connectivity index (χ3v) is 5.26. The molecule has 0 fully saturated rings. The third kappa shape index (κ3) is 8.12. The monoisotopic (exact) mass is 449 g/mol. The second-order valence-corrected chi connectivity index (χ2v) is 7.69. The number of benzene rings is 2. The van der Waals surface area contributed by atoms with Crippen LogP contribution in [0.15, 0.2) is 83.5 Å². The standard InChI is InChI=1S/C26H31N3O4/c1-32-18-16-29(26(31)27-19-23-11-6-3-7-12-23)21-25(30)28(20-24-13-8-17-33-24)15-14-22-9-4-2-5-10-22/h2-13,17H,14-16,18-21H2,1H3,(H,27,31). The van der Waals surface area contributed by atoms with Crippen molar-refractivity contribution in [2.75, 3.05) is 33.4 Å². The minimum Gasteiger partial charge on any atom is -0.467 e. The van der Waals surface area contributed by atoms with Gasteiger partial charge < -0.3 is 24.3 Å². The Bertz CT molecular complexity index is 962. The average Bonchev–Trinajstić information content (AvgIpc) is 3.37. The van der Waals surface area contributed by atoms with Crippen molar-refractivity contribution in [1.82, 2.24) is 15.1 Å². The third-order valence-electron chi connectivity index (χ3n) is 5.26. The highest BCUT2D eigenvalue weighted by Crippen LogP contribution is 2.09. The molecule has 7 heteroatoms. The van der Waals surface area contributed by atoms with E-state index >= 15 is 0 Å². The maximum Gasteiger partial charge on any atom is 0.318 e. The highest BCUT2D eigenvalue weighted by atomic mass is 16.5. The molecule has 0 radical (unpaired) electrons. The lowest BCUT2D eigenvalue weighted by Crippen LogP contribution is -2.47. The van der Waals surface area contributed by atoms with Crippen LogP contribution in [0.4, 0.5) is 4.79 Å². The van der Waals surface area contributed by atoms with E-state index in [1.807, 2.05) is 66.7 Å². The first-order chi connectivity index (χ1) is 16.2. The number of amides is 3. The van der Waals surface area contributed by atoms with Gasteiger partial charge in [0.15, 0.2) is 0 Å². The molecular formula is C26H31N3O4. The van der Waals surface area contributed by atoms with Crippen molar-refractivity contribution in [3.05, 3.63) is 95.9 Å². The van der Waals surface area contributed by atoms with Crippen LogP contribution in [0.1, 0.15) is 16.9 Å². The fourth-order valence-corrected chi connectivity index (χ4v) is 3.39. The van der Waals surface area contributed by atoms with Crippen molar-refractivity contribution in [2.24, 2.45) is 0 Å². The summed E-state index contributed by atoms with van der Waals surface area (Å²) < 4.78 is 10.6. The van der Waals surface area contributed by atoms with Crippen LogP contribution in [0.2, 0.25) is 0 Å². The molecule has 2 aromatic carbocycles. The summed E-state index contributed by atoms with van der Waals surface area (Å²) in [6.07, 6.45) is 2.31. The first kappa shape index (κ1) is 24.1. The predicted octanol–water partition coefficient (Wildman–Crippen LogP) is 3.71. The Morgan fingerprint density at radius 1 is 0.879 bits per heavy atom. The lowest BCUT2D eigenvalue weighted by molar-refractivity contribution is -0.132. The van der Waals surface area contributed by atoms with E-state index in [2.05, 4.69) is 5.32 Å². The van der Waals surface area contributed by atoms with E-state index in [1.165, 1.54) is 4.90 Å². The van der Waals surface area contributed by atoms with Gasteiger partial charge in [0.2, 0.25) is 5.91 Å². The molecule has 174 valence electrons. The highest BCUT2D eigenvalue weighted by Gasteiger charge is 2.22. The van der Waals surface area contributed by atoms with Crippen LogP contribution in [0, 0.1) is 0 Å². The summed E-state index contributed by atoms with van der Waals surface area (Å²) in [6, 6.07) is 23.0. The van der Waals surface area contributed by atoms with Crippen LogP contribution >= 0.6 is 0 Å². The van der Waals surface area contributed by atoms with Gasteiger partial charge in [-0.2, -0.15) is 0 Å². The number of hydrogen-bond donors (Lipinski definition) is 1. The Labute approximate surface area is 194 Å². The van der Waals surface area contributed by atoms with Crippen LogP contribution < -0.4 is 5.32 Å². The Morgan fingerprint density at radius 3 is 2.21 bits per heavy atom. The van der Waals surface area contributed by atoms with Crippen molar-refractivity contribution < 1.29 is 18.7 Å². The molecular weight excluding hydrogens is 418 g/mol. The Hall–Kier alpha value is -3.58. The van der Waals surface area contributed by atoms with Gasteiger partial charge in [-0.05, 0) is 29.7 Å². The van der Waals surface area contributed by atoms with Crippen molar-refractivity contribution in [3.63, 3.8) is 0 Å². The number of carbonyl (C=O) groups is 2. The van der Waals surface area contributed by atoms with Crippen LogP contribution in [0.5, 0.6) is 0 Å². The summed E-state index contributed by atoms with van der Waals surface area (Å²) in [6.45, 7) is 1.88. The van der Waals surface area contributed by atoms with E-state index in [4.69, 9.17) is 9.15 Å². The summed E-state index contributed by atoms with van der Waals surface area (Å²) in [5.74, 6) is 0.557. The van der Waals surface area contributed by atoms with Gasteiger partial charge in [-0.15, -0.1) is 0 Å². The molecule has 7 nitrogen and oxygen atoms in total. The van der Waals surface area contributed by atoms with Gasteiger partial charge in [-0.3, -0.25) is 4.79 Å². The van der Waals surface area contributed by atoms with Gasteiger partial charge in [-0.1, -0.05) is 60.7 Å². The normalized spacial score (nSPS) is 10.6. The fourth-order valence-electron chi connectivity index (χ4n) is 3.39. The van der Waals surface area contributed by atoms with Gasteiger partial charge in [-0.25, -0.2) is 4.79 Å². The van der Waals surface area contributed by atoms with Gasteiger partial charge in [0.25, 0.3) is 0 Å². The van der Waals surface area contributed by atoms with Crippen LogP contribution in [0.3, 0.4) is 0 Å². The number of ether oxygens (including phenoxy) is 1. The lowest BCUT2D eigenvalue weighted by atomic mass is 10.1. The number of urea groups is 1. The summed E-state index contributed by atoms with van der Waals surface area (Å²) in [7, 11) is 1.57. The predicted molar refractivity (Wildman–Crippen MR) is 126 cm³/mol. The largest absolute Gasteiger partial charge is 0.467 e. The number of nitrogens with zero attached hydrogens (tertiary/aromatic N) is 2. The maximum atomic E-state index is 13.3.